The normalized spacial score (nSPS) is 18.5. The smallest absolute Gasteiger partial charge is 0.416 e. The van der Waals surface area contributed by atoms with E-state index < -0.39 is 11.7 Å². The Morgan fingerprint density at radius 2 is 1.51 bits per heavy atom. The Balaban J connectivity index is 1.08. The molecule has 0 saturated carbocycles. The maximum atomic E-state index is 12.9. The fourth-order valence-corrected chi connectivity index (χ4v) is 5.64. The Kier molecular flexibility index (Phi) is 6.62. The predicted molar refractivity (Wildman–Crippen MR) is 143 cm³/mol. The summed E-state index contributed by atoms with van der Waals surface area (Å²) in [6.45, 7) is 3.76. The van der Waals surface area contributed by atoms with E-state index in [2.05, 4.69) is 22.3 Å². The Morgan fingerprint density at radius 1 is 0.846 bits per heavy atom. The van der Waals surface area contributed by atoms with Gasteiger partial charge in [0.15, 0.2) is 0 Å². The quantitative estimate of drug-likeness (QED) is 0.432. The van der Waals surface area contributed by atoms with E-state index in [1.165, 1.54) is 5.56 Å². The third kappa shape index (κ3) is 5.41. The largest absolute Gasteiger partial charge is 0.487 e. The van der Waals surface area contributed by atoms with Crippen molar-refractivity contribution in [3.63, 3.8) is 0 Å². The maximum Gasteiger partial charge on any atom is 0.416 e. The molecule has 1 N–H and O–H groups in total. The van der Waals surface area contributed by atoms with Gasteiger partial charge in [0.2, 0.25) is 0 Å². The number of urea groups is 1. The molecule has 9 heteroatoms. The highest BCUT2D eigenvalue weighted by Gasteiger charge is 2.42. The van der Waals surface area contributed by atoms with Gasteiger partial charge in [-0.2, -0.15) is 13.2 Å². The molecule has 0 atom stereocenters. The van der Waals surface area contributed by atoms with E-state index in [-0.39, 0.29) is 11.6 Å². The van der Waals surface area contributed by atoms with Crippen molar-refractivity contribution in [3.8, 4) is 16.9 Å². The van der Waals surface area contributed by atoms with Crippen LogP contribution >= 0.6 is 0 Å². The van der Waals surface area contributed by atoms with Crippen molar-refractivity contribution in [2.24, 2.45) is 0 Å². The van der Waals surface area contributed by atoms with Crippen LogP contribution in [0.1, 0.15) is 24.0 Å². The van der Waals surface area contributed by atoms with Gasteiger partial charge in [0, 0.05) is 56.8 Å². The average Bonchev–Trinajstić information content (AvgIpc) is 3.30. The summed E-state index contributed by atoms with van der Waals surface area (Å²) in [5.74, 6) is 0.899. The number of nitrogens with one attached hydrogen (secondary N) is 1. The second-order valence-electron chi connectivity index (χ2n) is 10.4. The molecule has 0 unspecified atom stereocenters. The molecule has 6 rings (SSSR count). The summed E-state index contributed by atoms with van der Waals surface area (Å²) in [7, 11) is 0. The van der Waals surface area contributed by atoms with E-state index in [0.29, 0.717) is 26.3 Å². The highest BCUT2D eigenvalue weighted by molar-refractivity contribution is 5.89. The van der Waals surface area contributed by atoms with Crippen LogP contribution in [0, 0.1) is 0 Å². The SMILES string of the molecule is O=C(Nc1ccc(-c2ccc3c(c2)CC2(CCN(c4ccc(C(F)(F)F)cc4)CC2)O3)cc1)N1CCOCC1. The summed E-state index contributed by atoms with van der Waals surface area (Å²) in [5.41, 5.74) is 3.95. The Labute approximate surface area is 225 Å². The Bertz CT molecular complexity index is 1330. The molecule has 0 aromatic heterocycles. The predicted octanol–water partition coefficient (Wildman–Crippen LogP) is 6.21. The third-order valence-electron chi connectivity index (χ3n) is 7.90. The van der Waals surface area contributed by atoms with Crippen molar-refractivity contribution in [1.82, 2.24) is 4.90 Å². The highest BCUT2D eigenvalue weighted by atomic mass is 19.4. The molecule has 3 aromatic rings. The van der Waals surface area contributed by atoms with E-state index in [0.717, 1.165) is 72.7 Å². The lowest BCUT2D eigenvalue weighted by molar-refractivity contribution is -0.137. The fraction of sp³-hybridized carbons (Fsp3) is 0.367. The lowest BCUT2D eigenvalue weighted by atomic mass is 9.86. The number of ether oxygens (including phenoxy) is 2. The third-order valence-corrected chi connectivity index (χ3v) is 7.90. The summed E-state index contributed by atoms with van der Waals surface area (Å²) in [5, 5.41) is 2.95. The molecule has 6 nitrogen and oxygen atoms in total. The van der Waals surface area contributed by atoms with E-state index in [1.54, 1.807) is 17.0 Å². The van der Waals surface area contributed by atoms with E-state index >= 15 is 0 Å². The number of morpholine rings is 1. The molecule has 39 heavy (non-hydrogen) atoms. The lowest BCUT2D eigenvalue weighted by Crippen LogP contribution is -2.47. The molecule has 0 radical (unpaired) electrons. The number of piperidine rings is 1. The van der Waals surface area contributed by atoms with Gasteiger partial charge < -0.3 is 24.6 Å². The average molecular weight is 538 g/mol. The summed E-state index contributed by atoms with van der Waals surface area (Å²) >= 11 is 0. The zero-order valence-electron chi connectivity index (χ0n) is 21.5. The molecule has 2 saturated heterocycles. The van der Waals surface area contributed by atoms with E-state index in [4.69, 9.17) is 9.47 Å². The van der Waals surface area contributed by atoms with Crippen LogP contribution < -0.4 is 15.0 Å². The molecular weight excluding hydrogens is 507 g/mol. The van der Waals surface area contributed by atoms with E-state index in [1.807, 2.05) is 30.3 Å². The van der Waals surface area contributed by atoms with Crippen LogP contribution in [0.3, 0.4) is 0 Å². The number of amides is 2. The topological polar surface area (TPSA) is 54.0 Å². The molecule has 204 valence electrons. The van der Waals surface area contributed by atoms with Gasteiger partial charge in [-0.3, -0.25) is 0 Å². The minimum absolute atomic E-state index is 0.115. The first-order valence-electron chi connectivity index (χ1n) is 13.3. The summed E-state index contributed by atoms with van der Waals surface area (Å²) in [6, 6.07) is 19.4. The first-order chi connectivity index (χ1) is 18.8. The lowest BCUT2D eigenvalue weighted by Gasteiger charge is -2.39. The van der Waals surface area contributed by atoms with Crippen molar-refractivity contribution in [2.45, 2.75) is 31.0 Å². The molecule has 3 aromatic carbocycles. The first-order valence-corrected chi connectivity index (χ1v) is 13.3. The van der Waals surface area contributed by atoms with Crippen molar-refractivity contribution < 1.29 is 27.4 Å². The van der Waals surface area contributed by atoms with Crippen LogP contribution in [-0.2, 0) is 17.3 Å². The van der Waals surface area contributed by atoms with Gasteiger partial charge in [-0.05, 0) is 65.2 Å². The Hall–Kier alpha value is -3.72. The summed E-state index contributed by atoms with van der Waals surface area (Å²) in [6.07, 6.45) is -1.91. The van der Waals surface area contributed by atoms with Crippen LogP contribution in [0.25, 0.3) is 11.1 Å². The van der Waals surface area contributed by atoms with Crippen LogP contribution in [0.4, 0.5) is 29.3 Å². The summed E-state index contributed by atoms with van der Waals surface area (Å²) in [4.78, 5) is 16.3. The monoisotopic (exact) mass is 537 g/mol. The molecule has 3 aliphatic rings. The van der Waals surface area contributed by atoms with Gasteiger partial charge in [-0.25, -0.2) is 4.79 Å². The van der Waals surface area contributed by atoms with Gasteiger partial charge in [0.1, 0.15) is 11.4 Å². The zero-order valence-corrected chi connectivity index (χ0v) is 21.5. The number of hydrogen-bond donors (Lipinski definition) is 1. The van der Waals surface area contributed by atoms with Gasteiger partial charge in [0.25, 0.3) is 0 Å². The van der Waals surface area contributed by atoms with Crippen molar-refractivity contribution in [2.75, 3.05) is 49.6 Å². The second-order valence-corrected chi connectivity index (χ2v) is 10.4. The number of carbonyl (C=O) groups excluding carboxylic acids is 1. The minimum Gasteiger partial charge on any atom is -0.487 e. The van der Waals surface area contributed by atoms with E-state index in [9.17, 15) is 18.0 Å². The Morgan fingerprint density at radius 3 is 2.18 bits per heavy atom. The second kappa shape index (κ2) is 10.1. The van der Waals surface area contributed by atoms with Gasteiger partial charge in [0.05, 0.1) is 18.8 Å². The summed E-state index contributed by atoms with van der Waals surface area (Å²) < 4.78 is 50.5. The van der Waals surface area contributed by atoms with Gasteiger partial charge in [-0.15, -0.1) is 0 Å². The number of rotatable bonds is 3. The maximum absolute atomic E-state index is 12.9. The molecular formula is C30H30F3N3O3. The zero-order chi connectivity index (χ0) is 27.0. The number of carbonyl (C=O) groups is 1. The van der Waals surface area contributed by atoms with Crippen molar-refractivity contribution in [3.05, 3.63) is 77.9 Å². The van der Waals surface area contributed by atoms with Crippen LogP contribution in [0.5, 0.6) is 5.75 Å². The molecule has 2 amide bonds. The van der Waals surface area contributed by atoms with Crippen molar-refractivity contribution in [1.29, 1.82) is 0 Å². The highest BCUT2D eigenvalue weighted by Crippen LogP contribution is 2.43. The molecule has 2 fully saturated rings. The minimum atomic E-state index is -4.33. The first kappa shape index (κ1) is 25.6. The van der Waals surface area contributed by atoms with Crippen LogP contribution in [-0.4, -0.2) is 55.9 Å². The molecule has 0 bridgehead atoms. The molecule has 3 heterocycles. The number of anilines is 2. The number of benzene rings is 3. The fourth-order valence-electron chi connectivity index (χ4n) is 5.64. The number of alkyl halides is 3. The standard InChI is InChI=1S/C30H30F3N3O3/c31-30(32,33)24-4-8-26(9-5-24)35-13-11-29(12-14-35)20-23-19-22(3-10-27(23)39-29)21-1-6-25(7-2-21)34-28(37)36-15-17-38-18-16-36/h1-10,19H,11-18,20H2,(H,34,37). The van der Waals surface area contributed by atoms with Crippen LogP contribution in [0.15, 0.2) is 66.7 Å². The molecule has 1 spiro atoms. The van der Waals surface area contributed by atoms with Gasteiger partial charge in [-0.1, -0.05) is 18.2 Å². The van der Waals surface area contributed by atoms with Crippen molar-refractivity contribution >= 4 is 17.4 Å². The number of nitrogens with zero attached hydrogens (tertiary/aromatic N) is 2. The van der Waals surface area contributed by atoms with Gasteiger partial charge >= 0.3 is 12.2 Å². The molecule has 3 aliphatic heterocycles. The molecule has 0 aliphatic carbocycles. The number of fused-ring (bicyclic) bond motifs is 1. The number of halogens is 3. The number of hydrogen-bond acceptors (Lipinski definition) is 4. The van der Waals surface area contributed by atoms with Crippen LogP contribution in [0.2, 0.25) is 0 Å².